The van der Waals surface area contributed by atoms with Crippen LogP contribution < -0.4 is 36.1 Å². The molecule has 2 aromatic rings. The average molecular weight is 489 g/mol. The van der Waals surface area contributed by atoms with Crippen LogP contribution in [0.4, 0.5) is 11.5 Å². The third-order valence-electron chi connectivity index (χ3n) is 5.58. The van der Waals surface area contributed by atoms with Crippen molar-refractivity contribution in [1.82, 2.24) is 9.55 Å². The van der Waals surface area contributed by atoms with Gasteiger partial charge in [-0.2, -0.15) is 0 Å². The number of methoxy groups -OCH3 is 3. The van der Waals surface area contributed by atoms with E-state index in [2.05, 4.69) is 4.98 Å². The third-order valence-corrected chi connectivity index (χ3v) is 5.58. The summed E-state index contributed by atoms with van der Waals surface area (Å²) in [6.45, 7) is 4.67. The molecular weight excluding hydrogens is 452 g/mol. The van der Waals surface area contributed by atoms with E-state index >= 15 is 0 Å². The second-order valence-corrected chi connectivity index (χ2v) is 7.99. The summed E-state index contributed by atoms with van der Waals surface area (Å²) < 4.78 is 17.4. The Kier molecular flexibility index (Phi) is 10.4. The Balaban J connectivity index is 2.50. The van der Waals surface area contributed by atoms with Gasteiger partial charge in [0.1, 0.15) is 5.82 Å². The number of rotatable bonds is 13. The Morgan fingerprint density at radius 3 is 2.20 bits per heavy atom. The van der Waals surface area contributed by atoms with Crippen LogP contribution in [0.5, 0.6) is 17.2 Å². The molecule has 0 saturated heterocycles. The second-order valence-electron chi connectivity index (χ2n) is 7.99. The van der Waals surface area contributed by atoms with Gasteiger partial charge in [-0.15, -0.1) is 0 Å². The Hall–Kier alpha value is -3.69. The molecule has 1 amide bonds. The molecule has 3 N–H and O–H groups in total. The number of carbonyl (C=O) groups is 1. The summed E-state index contributed by atoms with van der Waals surface area (Å²) in [4.78, 5) is 42.0. The Morgan fingerprint density at radius 2 is 1.66 bits per heavy atom. The minimum Gasteiger partial charge on any atom is -0.493 e. The maximum absolute atomic E-state index is 13.3. The number of nitrogen functional groups attached to an aromatic ring is 1. The standard InChI is InChI=1S/C25H36N4O6/c1-6-8-10-14-28(21-23(26)29(13-9-7-2)25(32)27-24(21)31)20(30)12-11-17-15-18(33-3)22(35-5)19(16-17)34-4/h11-12,15-16H,6-10,13-14,26H2,1-5H3,(H,27,31,32)/b12-11+. The van der Waals surface area contributed by atoms with Gasteiger partial charge in [0.2, 0.25) is 5.75 Å². The Bertz CT molecular complexity index is 1130. The maximum atomic E-state index is 13.3. The molecule has 10 nitrogen and oxygen atoms in total. The zero-order chi connectivity index (χ0) is 26.0. The van der Waals surface area contributed by atoms with Gasteiger partial charge in [0, 0.05) is 19.2 Å². The number of unbranched alkanes of at least 4 members (excludes halogenated alkanes) is 3. The fraction of sp³-hybridized carbons (Fsp3) is 0.480. The molecule has 0 aliphatic heterocycles. The predicted molar refractivity (Wildman–Crippen MR) is 138 cm³/mol. The number of nitrogens with two attached hydrogens (primary N) is 1. The predicted octanol–water partition coefficient (Wildman–Crippen LogP) is 3.18. The van der Waals surface area contributed by atoms with Crippen LogP contribution >= 0.6 is 0 Å². The number of ether oxygens (including phenoxy) is 3. The highest BCUT2D eigenvalue weighted by molar-refractivity contribution is 6.05. The van der Waals surface area contributed by atoms with E-state index in [4.69, 9.17) is 19.9 Å². The number of amides is 1. The van der Waals surface area contributed by atoms with Crippen LogP contribution in [-0.4, -0.2) is 43.3 Å². The van der Waals surface area contributed by atoms with E-state index < -0.39 is 17.2 Å². The van der Waals surface area contributed by atoms with Gasteiger partial charge >= 0.3 is 5.69 Å². The fourth-order valence-electron chi connectivity index (χ4n) is 3.68. The lowest BCUT2D eigenvalue weighted by molar-refractivity contribution is -0.114. The minimum atomic E-state index is -0.689. The molecule has 1 aromatic carbocycles. The van der Waals surface area contributed by atoms with Gasteiger partial charge in [0.25, 0.3) is 11.5 Å². The summed E-state index contributed by atoms with van der Waals surface area (Å²) in [6, 6.07) is 3.41. The smallest absolute Gasteiger partial charge is 0.330 e. The normalized spacial score (nSPS) is 11.0. The lowest BCUT2D eigenvalue weighted by atomic mass is 10.1. The van der Waals surface area contributed by atoms with Crippen molar-refractivity contribution in [2.45, 2.75) is 52.5 Å². The molecule has 0 aliphatic rings. The van der Waals surface area contributed by atoms with E-state index in [-0.39, 0.29) is 18.1 Å². The highest BCUT2D eigenvalue weighted by Crippen LogP contribution is 2.38. The van der Waals surface area contributed by atoms with Gasteiger partial charge in [-0.05, 0) is 36.6 Å². The van der Waals surface area contributed by atoms with Gasteiger partial charge in [-0.3, -0.25) is 19.1 Å². The van der Waals surface area contributed by atoms with Crippen molar-refractivity contribution in [3.05, 3.63) is 44.6 Å². The van der Waals surface area contributed by atoms with Gasteiger partial charge in [0.15, 0.2) is 17.2 Å². The Morgan fingerprint density at radius 1 is 1.03 bits per heavy atom. The molecule has 2 rings (SSSR count). The number of benzene rings is 1. The summed E-state index contributed by atoms with van der Waals surface area (Å²) >= 11 is 0. The highest BCUT2D eigenvalue weighted by Gasteiger charge is 2.23. The quantitative estimate of drug-likeness (QED) is 0.327. The summed E-state index contributed by atoms with van der Waals surface area (Å²) in [6.07, 6.45) is 6.98. The topological polar surface area (TPSA) is 129 Å². The minimum absolute atomic E-state index is 0.0155. The fourth-order valence-corrected chi connectivity index (χ4v) is 3.68. The molecule has 0 fully saturated rings. The van der Waals surface area contributed by atoms with Crippen LogP contribution in [0.3, 0.4) is 0 Å². The summed E-state index contributed by atoms with van der Waals surface area (Å²) in [5.74, 6) is 0.879. The average Bonchev–Trinajstić information content (AvgIpc) is 2.85. The summed E-state index contributed by atoms with van der Waals surface area (Å²) in [5.41, 5.74) is 5.61. The van der Waals surface area contributed by atoms with E-state index in [1.807, 2.05) is 13.8 Å². The molecule has 0 radical (unpaired) electrons. The molecule has 35 heavy (non-hydrogen) atoms. The van der Waals surface area contributed by atoms with E-state index in [1.165, 1.54) is 36.9 Å². The molecule has 1 heterocycles. The van der Waals surface area contributed by atoms with E-state index in [1.54, 1.807) is 18.2 Å². The van der Waals surface area contributed by atoms with Crippen LogP contribution in [0, 0.1) is 0 Å². The first kappa shape index (κ1) is 27.6. The number of aromatic amines is 1. The van der Waals surface area contributed by atoms with E-state index in [9.17, 15) is 14.4 Å². The molecule has 1 aromatic heterocycles. The van der Waals surface area contributed by atoms with Crippen molar-refractivity contribution in [3.63, 3.8) is 0 Å². The molecule has 0 bridgehead atoms. The molecular formula is C25H36N4O6. The lowest BCUT2D eigenvalue weighted by Gasteiger charge is -2.23. The van der Waals surface area contributed by atoms with Gasteiger partial charge in [0.05, 0.1) is 21.3 Å². The number of nitrogens with one attached hydrogen (secondary N) is 1. The van der Waals surface area contributed by atoms with Crippen molar-refractivity contribution >= 4 is 23.5 Å². The first-order valence-electron chi connectivity index (χ1n) is 11.7. The first-order valence-corrected chi connectivity index (χ1v) is 11.7. The third kappa shape index (κ3) is 6.68. The number of hydrogen-bond donors (Lipinski definition) is 2. The number of anilines is 2. The second kappa shape index (κ2) is 13.3. The number of aromatic nitrogens is 2. The van der Waals surface area contributed by atoms with Gasteiger partial charge in [-0.1, -0.05) is 33.1 Å². The molecule has 10 heteroatoms. The molecule has 0 saturated carbocycles. The monoisotopic (exact) mass is 488 g/mol. The maximum Gasteiger partial charge on any atom is 0.330 e. The number of hydrogen-bond acceptors (Lipinski definition) is 7. The molecule has 0 aliphatic carbocycles. The van der Waals surface area contributed by atoms with Crippen molar-refractivity contribution in [2.75, 3.05) is 38.5 Å². The van der Waals surface area contributed by atoms with Gasteiger partial charge < -0.3 is 24.8 Å². The SMILES string of the molecule is CCCCCN(C(=O)/C=C/c1cc(OC)c(OC)c(OC)c1)c1c(N)n(CCCC)c(=O)[nH]c1=O. The number of nitrogens with zero attached hydrogens (tertiary/aromatic N) is 2. The molecule has 0 spiro atoms. The van der Waals surface area contributed by atoms with Crippen LogP contribution in [0.1, 0.15) is 51.5 Å². The van der Waals surface area contributed by atoms with Crippen LogP contribution in [0.2, 0.25) is 0 Å². The van der Waals surface area contributed by atoms with E-state index in [0.717, 1.165) is 19.3 Å². The van der Waals surface area contributed by atoms with Crippen LogP contribution in [0.25, 0.3) is 6.08 Å². The molecule has 192 valence electrons. The number of carbonyl (C=O) groups excluding carboxylic acids is 1. The summed E-state index contributed by atoms with van der Waals surface area (Å²) in [7, 11) is 4.53. The van der Waals surface area contributed by atoms with Crippen LogP contribution in [0.15, 0.2) is 27.8 Å². The van der Waals surface area contributed by atoms with Crippen molar-refractivity contribution in [2.24, 2.45) is 0 Å². The van der Waals surface area contributed by atoms with Gasteiger partial charge in [-0.25, -0.2) is 4.79 Å². The highest BCUT2D eigenvalue weighted by atomic mass is 16.5. The van der Waals surface area contributed by atoms with E-state index in [0.29, 0.717) is 42.2 Å². The van der Waals surface area contributed by atoms with Crippen LogP contribution in [-0.2, 0) is 11.3 Å². The number of H-pyrrole nitrogens is 1. The zero-order valence-corrected chi connectivity index (χ0v) is 21.2. The summed E-state index contributed by atoms with van der Waals surface area (Å²) in [5, 5.41) is 0. The van der Waals surface area contributed by atoms with Crippen molar-refractivity contribution < 1.29 is 19.0 Å². The van der Waals surface area contributed by atoms with Crippen molar-refractivity contribution in [3.8, 4) is 17.2 Å². The first-order chi connectivity index (χ1) is 16.8. The Labute approximate surface area is 205 Å². The lowest BCUT2D eigenvalue weighted by Crippen LogP contribution is -2.41. The largest absolute Gasteiger partial charge is 0.493 e. The zero-order valence-electron chi connectivity index (χ0n) is 21.2. The molecule has 0 unspecified atom stereocenters. The molecule has 0 atom stereocenters. The van der Waals surface area contributed by atoms with Crippen molar-refractivity contribution in [1.29, 1.82) is 0 Å².